The van der Waals surface area contributed by atoms with E-state index in [1.807, 2.05) is 0 Å². The summed E-state index contributed by atoms with van der Waals surface area (Å²) in [5.41, 5.74) is 0. The lowest BCUT2D eigenvalue weighted by molar-refractivity contribution is -0.157. The van der Waals surface area contributed by atoms with E-state index >= 15 is 0 Å². The van der Waals surface area contributed by atoms with Gasteiger partial charge in [0.05, 0.1) is 20.6 Å². The van der Waals surface area contributed by atoms with Crippen molar-refractivity contribution in [2.45, 2.75) is 13.3 Å². The maximum Gasteiger partial charge on any atom is 0.312 e. The summed E-state index contributed by atoms with van der Waals surface area (Å²) in [6.07, 6.45) is -0.170. The first-order valence-electron chi connectivity index (χ1n) is 4.29. The Morgan fingerprint density at radius 3 is 2.13 bits per heavy atom. The molecule has 15 heavy (non-hydrogen) atoms. The number of methoxy groups -OCH3 is 2. The van der Waals surface area contributed by atoms with Crippen molar-refractivity contribution >= 4 is 17.9 Å². The van der Waals surface area contributed by atoms with Gasteiger partial charge in [0.25, 0.3) is 0 Å². The molecule has 0 aliphatic rings. The minimum atomic E-state index is -0.814. The van der Waals surface area contributed by atoms with Gasteiger partial charge in [0.15, 0.2) is 0 Å². The molecule has 0 aromatic heterocycles. The van der Waals surface area contributed by atoms with E-state index in [0.29, 0.717) is 0 Å². The molecule has 0 spiro atoms. The van der Waals surface area contributed by atoms with Crippen LogP contribution in [0.5, 0.6) is 0 Å². The molecule has 0 saturated heterocycles. The van der Waals surface area contributed by atoms with E-state index in [4.69, 9.17) is 0 Å². The highest BCUT2D eigenvalue weighted by Gasteiger charge is 2.24. The molecule has 0 heterocycles. The van der Waals surface area contributed by atoms with Crippen molar-refractivity contribution in [1.29, 1.82) is 0 Å². The maximum absolute atomic E-state index is 11.2. The minimum absolute atomic E-state index is 0.170. The van der Waals surface area contributed by atoms with E-state index in [9.17, 15) is 14.4 Å². The van der Waals surface area contributed by atoms with E-state index in [2.05, 4.69) is 14.2 Å². The summed E-state index contributed by atoms with van der Waals surface area (Å²) in [6.45, 7) is 1.03. The first-order valence-corrected chi connectivity index (χ1v) is 4.29. The minimum Gasteiger partial charge on any atom is -0.469 e. The molecule has 0 N–H and O–H groups in total. The van der Waals surface area contributed by atoms with E-state index in [1.165, 1.54) is 21.1 Å². The van der Waals surface area contributed by atoms with Gasteiger partial charge in [-0.15, -0.1) is 0 Å². The second-order valence-electron chi connectivity index (χ2n) is 2.80. The average Bonchev–Trinajstić information content (AvgIpc) is 2.22. The van der Waals surface area contributed by atoms with Crippen LogP contribution in [0, 0.1) is 5.92 Å². The van der Waals surface area contributed by atoms with Crippen molar-refractivity contribution in [1.82, 2.24) is 0 Å². The number of rotatable bonds is 5. The normalized spacial score (nSPS) is 11.4. The highest BCUT2D eigenvalue weighted by atomic mass is 16.5. The zero-order valence-corrected chi connectivity index (χ0v) is 8.94. The second kappa shape index (κ2) is 6.80. The molecule has 1 atom stereocenters. The van der Waals surface area contributed by atoms with Crippen LogP contribution < -0.4 is 0 Å². The molecule has 6 heteroatoms. The van der Waals surface area contributed by atoms with Crippen LogP contribution >= 0.6 is 0 Å². The molecular weight excluding hydrogens is 204 g/mol. The molecule has 0 aliphatic heterocycles. The van der Waals surface area contributed by atoms with Crippen LogP contribution in [0.25, 0.3) is 0 Å². The smallest absolute Gasteiger partial charge is 0.312 e. The quantitative estimate of drug-likeness (QED) is 0.473. The predicted octanol–water partition coefficient (Wildman–Crippen LogP) is -0.0982. The highest BCUT2D eigenvalue weighted by molar-refractivity contribution is 5.80. The number of hydrogen-bond donors (Lipinski definition) is 0. The molecule has 6 nitrogen and oxygen atoms in total. The van der Waals surface area contributed by atoms with Crippen LogP contribution in [-0.2, 0) is 28.6 Å². The Hall–Kier alpha value is -1.59. The Kier molecular flexibility index (Phi) is 6.08. The summed E-state index contributed by atoms with van der Waals surface area (Å²) in [7, 11) is 2.41. The van der Waals surface area contributed by atoms with Crippen molar-refractivity contribution in [2.24, 2.45) is 5.92 Å². The Morgan fingerprint density at radius 1 is 1.13 bits per heavy atom. The number of hydrogen-bond acceptors (Lipinski definition) is 6. The van der Waals surface area contributed by atoms with Crippen LogP contribution in [-0.4, -0.2) is 38.7 Å². The Balaban J connectivity index is 4.24. The third-order valence-electron chi connectivity index (χ3n) is 1.66. The molecule has 0 saturated carbocycles. The zero-order chi connectivity index (χ0) is 11.8. The molecule has 0 aliphatic carbocycles. The molecule has 0 radical (unpaired) electrons. The van der Waals surface area contributed by atoms with E-state index in [1.54, 1.807) is 0 Å². The monoisotopic (exact) mass is 218 g/mol. The number of carbonyl (C=O) groups excluding carboxylic acids is 3. The molecular formula is C9H14O6. The van der Waals surface area contributed by atoms with Gasteiger partial charge < -0.3 is 14.2 Å². The van der Waals surface area contributed by atoms with Gasteiger partial charge in [0.1, 0.15) is 12.5 Å². The first-order chi connectivity index (χ1) is 7.01. The lowest BCUT2D eigenvalue weighted by Crippen LogP contribution is -2.26. The molecule has 0 rings (SSSR count). The summed E-state index contributed by atoms with van der Waals surface area (Å²) in [5.74, 6) is -2.50. The summed E-state index contributed by atoms with van der Waals surface area (Å²) >= 11 is 0. The molecule has 0 amide bonds. The summed E-state index contributed by atoms with van der Waals surface area (Å²) in [6, 6.07) is 0. The van der Waals surface area contributed by atoms with Gasteiger partial charge in [-0.1, -0.05) is 0 Å². The summed E-state index contributed by atoms with van der Waals surface area (Å²) in [5, 5.41) is 0. The van der Waals surface area contributed by atoms with E-state index < -0.39 is 23.8 Å². The van der Waals surface area contributed by atoms with Gasteiger partial charge in [-0.2, -0.15) is 0 Å². The van der Waals surface area contributed by atoms with Gasteiger partial charge in [-0.3, -0.25) is 14.4 Å². The molecule has 86 valence electrons. The van der Waals surface area contributed by atoms with Crippen molar-refractivity contribution in [2.75, 3.05) is 20.8 Å². The predicted molar refractivity (Wildman–Crippen MR) is 48.8 cm³/mol. The van der Waals surface area contributed by atoms with Crippen LogP contribution in [0.2, 0.25) is 0 Å². The lowest BCUT2D eigenvalue weighted by atomic mass is 10.1. The zero-order valence-electron chi connectivity index (χ0n) is 8.94. The van der Waals surface area contributed by atoms with E-state index in [0.717, 1.165) is 0 Å². The SMILES string of the molecule is COC(=O)CC(COC(C)=O)C(=O)OC. The fraction of sp³-hybridized carbons (Fsp3) is 0.667. The molecule has 0 fully saturated rings. The summed E-state index contributed by atoms with van der Waals surface area (Å²) in [4.78, 5) is 32.6. The van der Waals surface area contributed by atoms with Crippen molar-refractivity contribution in [3.8, 4) is 0 Å². The van der Waals surface area contributed by atoms with Crippen molar-refractivity contribution < 1.29 is 28.6 Å². The average molecular weight is 218 g/mol. The third-order valence-corrected chi connectivity index (χ3v) is 1.66. The largest absolute Gasteiger partial charge is 0.469 e. The van der Waals surface area contributed by atoms with Crippen LogP contribution in [0.15, 0.2) is 0 Å². The van der Waals surface area contributed by atoms with Gasteiger partial charge in [-0.25, -0.2) is 0 Å². The highest BCUT2D eigenvalue weighted by Crippen LogP contribution is 2.07. The Bertz CT molecular complexity index is 247. The maximum atomic E-state index is 11.2. The standard InChI is InChI=1S/C9H14O6/c1-6(10)15-5-7(9(12)14-3)4-8(11)13-2/h7H,4-5H2,1-3H3. The Labute approximate surface area is 87.5 Å². The first kappa shape index (κ1) is 13.4. The molecule has 0 aromatic rings. The fourth-order valence-corrected chi connectivity index (χ4v) is 0.879. The van der Waals surface area contributed by atoms with Crippen LogP contribution in [0.4, 0.5) is 0 Å². The van der Waals surface area contributed by atoms with Crippen LogP contribution in [0.3, 0.4) is 0 Å². The number of esters is 3. The molecule has 0 bridgehead atoms. The number of ether oxygens (including phenoxy) is 3. The van der Waals surface area contributed by atoms with Gasteiger partial charge in [0, 0.05) is 6.92 Å². The fourth-order valence-electron chi connectivity index (χ4n) is 0.879. The Morgan fingerprint density at radius 2 is 1.73 bits per heavy atom. The van der Waals surface area contributed by atoms with Gasteiger partial charge in [0.2, 0.25) is 0 Å². The van der Waals surface area contributed by atoms with Crippen molar-refractivity contribution in [3.63, 3.8) is 0 Å². The van der Waals surface area contributed by atoms with Gasteiger partial charge >= 0.3 is 17.9 Å². The lowest BCUT2D eigenvalue weighted by Gasteiger charge is -2.12. The molecule has 1 unspecified atom stereocenters. The van der Waals surface area contributed by atoms with E-state index in [-0.39, 0.29) is 13.0 Å². The topological polar surface area (TPSA) is 78.9 Å². The third kappa shape index (κ3) is 5.66. The number of carbonyl (C=O) groups is 3. The van der Waals surface area contributed by atoms with Crippen LogP contribution in [0.1, 0.15) is 13.3 Å². The van der Waals surface area contributed by atoms with Gasteiger partial charge in [-0.05, 0) is 0 Å². The summed E-state index contributed by atoms with van der Waals surface area (Å²) < 4.78 is 13.5. The second-order valence-corrected chi connectivity index (χ2v) is 2.80. The molecule has 0 aromatic carbocycles. The van der Waals surface area contributed by atoms with Crippen molar-refractivity contribution in [3.05, 3.63) is 0 Å².